The maximum absolute atomic E-state index is 13.6. The maximum atomic E-state index is 13.6. The van der Waals surface area contributed by atoms with Crippen LogP contribution in [0.25, 0.3) is 44.6 Å². The Labute approximate surface area is 182 Å². The summed E-state index contributed by atoms with van der Waals surface area (Å²) in [5.74, 6) is 0.286. The molecule has 1 N–H and O–H groups in total. The van der Waals surface area contributed by atoms with Crippen molar-refractivity contribution in [2.45, 2.75) is 6.54 Å². The third kappa shape index (κ3) is 3.11. The lowest BCUT2D eigenvalue weighted by Crippen LogP contribution is -2.05. The average Bonchev–Trinajstić information content (AvgIpc) is 3.44. The molecule has 0 amide bonds. The fraction of sp³-hybridized carbons (Fsp3) is 0.0400. The van der Waals surface area contributed by atoms with E-state index in [4.69, 9.17) is 4.98 Å². The van der Waals surface area contributed by atoms with E-state index in [0.29, 0.717) is 18.1 Å². The number of aromatic nitrogens is 6. The third-order valence-electron chi connectivity index (χ3n) is 5.55. The molecule has 0 aliphatic rings. The lowest BCUT2D eigenvalue weighted by Gasteiger charge is -2.08. The Balaban J connectivity index is 1.58. The number of para-hydroxylation sites is 1. The molecular formula is C25H17FN6. The summed E-state index contributed by atoms with van der Waals surface area (Å²) < 4.78 is 15.3. The number of H-pyrrole nitrogens is 1. The lowest BCUT2D eigenvalue weighted by atomic mass is 10.1. The maximum Gasteiger partial charge on any atom is 0.201 e. The van der Waals surface area contributed by atoms with Gasteiger partial charge in [-0.25, -0.2) is 14.1 Å². The van der Waals surface area contributed by atoms with Crippen LogP contribution in [0.15, 0.2) is 84.9 Å². The van der Waals surface area contributed by atoms with Crippen molar-refractivity contribution in [2.75, 3.05) is 0 Å². The van der Waals surface area contributed by atoms with Gasteiger partial charge in [-0.05, 0) is 52.4 Å². The fourth-order valence-electron chi connectivity index (χ4n) is 4.03. The smallest absolute Gasteiger partial charge is 0.201 e. The molecule has 0 aliphatic heterocycles. The van der Waals surface area contributed by atoms with Crippen LogP contribution in [0.1, 0.15) is 5.56 Å². The first-order valence-electron chi connectivity index (χ1n) is 10.2. The van der Waals surface area contributed by atoms with E-state index < -0.39 is 0 Å². The van der Waals surface area contributed by atoms with Crippen LogP contribution in [0, 0.1) is 5.82 Å². The highest BCUT2D eigenvalue weighted by Gasteiger charge is 2.18. The number of halogens is 1. The predicted octanol–water partition coefficient (Wildman–Crippen LogP) is 5.22. The molecule has 0 atom stereocenters. The van der Waals surface area contributed by atoms with Gasteiger partial charge in [-0.3, -0.25) is 0 Å². The lowest BCUT2D eigenvalue weighted by molar-refractivity contribution is 0.628. The number of aromatic amines is 1. The molecule has 3 aromatic heterocycles. The van der Waals surface area contributed by atoms with E-state index in [-0.39, 0.29) is 5.82 Å². The Kier molecular flexibility index (Phi) is 4.24. The van der Waals surface area contributed by atoms with Crippen molar-refractivity contribution in [3.63, 3.8) is 0 Å². The first-order valence-corrected chi connectivity index (χ1v) is 10.2. The van der Waals surface area contributed by atoms with E-state index in [0.717, 1.165) is 38.6 Å². The number of pyridine rings is 1. The van der Waals surface area contributed by atoms with Gasteiger partial charge in [-0.15, -0.1) is 5.10 Å². The van der Waals surface area contributed by atoms with Crippen molar-refractivity contribution in [3.8, 4) is 22.8 Å². The van der Waals surface area contributed by atoms with Crippen LogP contribution in [-0.4, -0.2) is 30.2 Å². The molecule has 3 heterocycles. The molecule has 32 heavy (non-hydrogen) atoms. The zero-order chi connectivity index (χ0) is 21.5. The summed E-state index contributed by atoms with van der Waals surface area (Å²) in [5.41, 5.74) is 5.18. The quantitative estimate of drug-likeness (QED) is 0.424. The summed E-state index contributed by atoms with van der Waals surface area (Å²) in [7, 11) is 0. The van der Waals surface area contributed by atoms with Crippen LogP contribution in [0.2, 0.25) is 0 Å². The standard InChI is InChI=1S/C25H17FN6/c26-18-12-10-17(11-13-18)23-24-20(19-8-4-5-9-21(19)27-24)14-22(28-23)25-29-30-31-32(25)15-16-6-2-1-3-7-16/h1-14,27H,15H2. The van der Waals surface area contributed by atoms with Crippen molar-refractivity contribution in [3.05, 3.63) is 96.3 Å². The molecule has 0 spiro atoms. The van der Waals surface area contributed by atoms with Crippen molar-refractivity contribution in [1.29, 1.82) is 0 Å². The minimum Gasteiger partial charge on any atom is -0.353 e. The highest BCUT2D eigenvalue weighted by molar-refractivity contribution is 6.12. The zero-order valence-corrected chi connectivity index (χ0v) is 16.9. The van der Waals surface area contributed by atoms with Gasteiger partial charge < -0.3 is 4.98 Å². The number of rotatable bonds is 4. The molecule has 6 rings (SSSR count). The number of nitrogens with one attached hydrogen (secondary N) is 1. The predicted molar refractivity (Wildman–Crippen MR) is 121 cm³/mol. The van der Waals surface area contributed by atoms with E-state index in [1.54, 1.807) is 16.8 Å². The first kappa shape index (κ1) is 18.4. The summed E-state index contributed by atoms with van der Waals surface area (Å²) in [6, 6.07) is 26.5. The monoisotopic (exact) mass is 420 g/mol. The summed E-state index contributed by atoms with van der Waals surface area (Å²) in [4.78, 5) is 8.40. The zero-order valence-electron chi connectivity index (χ0n) is 16.9. The number of benzene rings is 3. The van der Waals surface area contributed by atoms with E-state index in [1.165, 1.54) is 12.1 Å². The number of fused-ring (bicyclic) bond motifs is 3. The van der Waals surface area contributed by atoms with Crippen LogP contribution in [0.5, 0.6) is 0 Å². The Morgan fingerprint density at radius 2 is 1.62 bits per heavy atom. The minimum atomic E-state index is -0.287. The molecule has 0 bridgehead atoms. The molecule has 0 aliphatic carbocycles. The molecule has 0 radical (unpaired) electrons. The number of tetrazole rings is 1. The van der Waals surface area contributed by atoms with Crippen molar-refractivity contribution < 1.29 is 4.39 Å². The van der Waals surface area contributed by atoms with Crippen LogP contribution in [0.4, 0.5) is 4.39 Å². The summed E-state index contributed by atoms with van der Waals surface area (Å²) >= 11 is 0. The van der Waals surface area contributed by atoms with Crippen molar-refractivity contribution in [2.24, 2.45) is 0 Å². The molecule has 6 aromatic rings. The molecule has 3 aromatic carbocycles. The highest BCUT2D eigenvalue weighted by atomic mass is 19.1. The number of nitrogens with zero attached hydrogens (tertiary/aromatic N) is 5. The van der Waals surface area contributed by atoms with Gasteiger partial charge in [0.15, 0.2) is 0 Å². The van der Waals surface area contributed by atoms with E-state index in [9.17, 15) is 4.39 Å². The topological polar surface area (TPSA) is 72.3 Å². The normalized spacial score (nSPS) is 11.4. The number of hydrogen-bond acceptors (Lipinski definition) is 4. The van der Waals surface area contributed by atoms with E-state index >= 15 is 0 Å². The Morgan fingerprint density at radius 1 is 0.844 bits per heavy atom. The first-order chi connectivity index (χ1) is 15.8. The Hall–Kier alpha value is -4.39. The second-order valence-corrected chi connectivity index (χ2v) is 7.60. The van der Waals surface area contributed by atoms with Crippen LogP contribution < -0.4 is 0 Å². The molecule has 0 saturated heterocycles. The molecule has 6 nitrogen and oxygen atoms in total. The highest BCUT2D eigenvalue weighted by Crippen LogP contribution is 2.34. The van der Waals surface area contributed by atoms with Gasteiger partial charge in [0, 0.05) is 21.9 Å². The van der Waals surface area contributed by atoms with Gasteiger partial charge in [-0.1, -0.05) is 48.5 Å². The molecule has 0 saturated carbocycles. The van der Waals surface area contributed by atoms with Crippen molar-refractivity contribution >= 4 is 21.8 Å². The number of hydrogen-bond donors (Lipinski definition) is 1. The second kappa shape index (κ2) is 7.39. The van der Waals surface area contributed by atoms with Gasteiger partial charge in [0.25, 0.3) is 0 Å². The molecule has 154 valence electrons. The fourth-order valence-corrected chi connectivity index (χ4v) is 4.03. The molecule has 0 unspecified atom stereocenters. The van der Waals surface area contributed by atoms with Crippen LogP contribution in [0.3, 0.4) is 0 Å². The van der Waals surface area contributed by atoms with Gasteiger partial charge in [-0.2, -0.15) is 0 Å². The second-order valence-electron chi connectivity index (χ2n) is 7.60. The van der Waals surface area contributed by atoms with Gasteiger partial charge in [0.1, 0.15) is 11.5 Å². The van der Waals surface area contributed by atoms with E-state index in [1.807, 2.05) is 54.6 Å². The molecular weight excluding hydrogens is 403 g/mol. The third-order valence-corrected chi connectivity index (χ3v) is 5.55. The average molecular weight is 420 g/mol. The van der Waals surface area contributed by atoms with Gasteiger partial charge >= 0.3 is 0 Å². The Morgan fingerprint density at radius 3 is 2.47 bits per heavy atom. The molecule has 7 heteroatoms. The minimum absolute atomic E-state index is 0.287. The van der Waals surface area contributed by atoms with Crippen molar-refractivity contribution in [1.82, 2.24) is 30.2 Å². The summed E-state index contributed by atoms with van der Waals surface area (Å²) in [5, 5.41) is 14.5. The summed E-state index contributed by atoms with van der Waals surface area (Å²) in [6.45, 7) is 0.530. The molecule has 0 fully saturated rings. The van der Waals surface area contributed by atoms with E-state index in [2.05, 4.69) is 26.6 Å². The largest absolute Gasteiger partial charge is 0.353 e. The summed E-state index contributed by atoms with van der Waals surface area (Å²) in [6.07, 6.45) is 0. The van der Waals surface area contributed by atoms with Crippen LogP contribution in [-0.2, 0) is 6.54 Å². The Bertz CT molecular complexity index is 1550. The van der Waals surface area contributed by atoms with Crippen LogP contribution >= 0.6 is 0 Å². The van der Waals surface area contributed by atoms with Gasteiger partial charge in [0.05, 0.1) is 17.8 Å². The van der Waals surface area contributed by atoms with Gasteiger partial charge in [0.2, 0.25) is 5.82 Å². The SMILES string of the molecule is Fc1ccc(-c2nc(-c3nnnn3Cc3ccccc3)cc3c2[nH]c2ccccc23)cc1.